The van der Waals surface area contributed by atoms with Crippen LogP contribution in [0.1, 0.15) is 18.0 Å². The number of amides is 1. The van der Waals surface area contributed by atoms with Crippen molar-refractivity contribution in [3.63, 3.8) is 0 Å². The molecule has 1 N–H and O–H groups in total. The molecule has 0 bridgehead atoms. The second-order valence-electron chi connectivity index (χ2n) is 7.02. The number of sulfonamides is 1. The van der Waals surface area contributed by atoms with Crippen molar-refractivity contribution >= 4 is 33.2 Å². The van der Waals surface area contributed by atoms with Crippen molar-refractivity contribution in [2.45, 2.75) is 12.5 Å². The molecule has 0 unspecified atom stereocenters. The number of carbonyl (C=O) groups excluding carboxylic acids is 1. The molecular formula is C20H23ClFN3O3S. The molecule has 9 heteroatoms. The number of rotatable bonds is 6. The Morgan fingerprint density at radius 3 is 2.31 bits per heavy atom. The number of para-hydroxylation sites is 1. The van der Waals surface area contributed by atoms with Crippen molar-refractivity contribution < 1.29 is 17.6 Å². The summed E-state index contributed by atoms with van der Waals surface area (Å²) in [4.78, 5) is 16.4. The second kappa shape index (κ2) is 9.11. The summed E-state index contributed by atoms with van der Waals surface area (Å²) in [6.07, 6.45) is 1.06. The molecule has 1 saturated heterocycles. The number of nitrogens with one attached hydrogen (secondary N) is 1. The van der Waals surface area contributed by atoms with Crippen LogP contribution < -0.4 is 9.62 Å². The van der Waals surface area contributed by atoms with Crippen LogP contribution in [0.5, 0.6) is 0 Å². The Morgan fingerprint density at radius 2 is 1.72 bits per heavy atom. The van der Waals surface area contributed by atoms with Crippen molar-refractivity contribution in [1.29, 1.82) is 0 Å². The zero-order valence-electron chi connectivity index (χ0n) is 16.0. The van der Waals surface area contributed by atoms with Gasteiger partial charge in [0.15, 0.2) is 0 Å². The molecular weight excluding hydrogens is 417 g/mol. The summed E-state index contributed by atoms with van der Waals surface area (Å²) in [5.41, 5.74) is 1.19. The van der Waals surface area contributed by atoms with Crippen molar-refractivity contribution in [2.75, 3.05) is 37.3 Å². The minimum Gasteiger partial charge on any atom is -0.366 e. The van der Waals surface area contributed by atoms with Gasteiger partial charge < -0.3 is 9.80 Å². The van der Waals surface area contributed by atoms with E-state index in [1.165, 1.54) is 6.07 Å². The summed E-state index contributed by atoms with van der Waals surface area (Å²) in [6.45, 7) is 1.91. The minimum absolute atomic E-state index is 0.00556. The highest BCUT2D eigenvalue weighted by molar-refractivity contribution is 7.88. The maximum Gasteiger partial charge on any atom is 0.224 e. The Bertz CT molecular complexity index is 961. The van der Waals surface area contributed by atoms with E-state index < -0.39 is 16.1 Å². The van der Waals surface area contributed by atoms with Gasteiger partial charge in [0.2, 0.25) is 15.9 Å². The first-order valence-electron chi connectivity index (χ1n) is 9.23. The number of hydrogen-bond donors (Lipinski definition) is 1. The zero-order chi connectivity index (χ0) is 21.0. The van der Waals surface area contributed by atoms with Gasteiger partial charge >= 0.3 is 0 Å². The van der Waals surface area contributed by atoms with Gasteiger partial charge in [0.1, 0.15) is 5.82 Å². The topological polar surface area (TPSA) is 69.7 Å². The van der Waals surface area contributed by atoms with Crippen molar-refractivity contribution in [3.8, 4) is 0 Å². The van der Waals surface area contributed by atoms with Crippen LogP contribution >= 0.6 is 11.6 Å². The van der Waals surface area contributed by atoms with Gasteiger partial charge in [-0.2, -0.15) is 0 Å². The lowest BCUT2D eigenvalue weighted by molar-refractivity contribution is -0.132. The Morgan fingerprint density at radius 1 is 1.10 bits per heavy atom. The van der Waals surface area contributed by atoms with Crippen LogP contribution in [-0.4, -0.2) is 51.7 Å². The van der Waals surface area contributed by atoms with Crippen LogP contribution in [-0.2, 0) is 14.8 Å². The van der Waals surface area contributed by atoms with Gasteiger partial charge in [-0.3, -0.25) is 4.79 Å². The van der Waals surface area contributed by atoms with Crippen LogP contribution in [0.15, 0.2) is 48.5 Å². The molecule has 6 nitrogen and oxygen atoms in total. The molecule has 1 atom stereocenters. The maximum absolute atomic E-state index is 14.0. The molecule has 29 heavy (non-hydrogen) atoms. The smallest absolute Gasteiger partial charge is 0.224 e. The number of benzene rings is 2. The fraction of sp³-hybridized carbons (Fsp3) is 0.350. The predicted octanol–water partition coefficient (Wildman–Crippen LogP) is 2.81. The highest BCUT2D eigenvalue weighted by Gasteiger charge is 2.26. The Kier molecular flexibility index (Phi) is 6.77. The third kappa shape index (κ3) is 5.91. The van der Waals surface area contributed by atoms with E-state index in [1.807, 2.05) is 4.90 Å². The summed E-state index contributed by atoms with van der Waals surface area (Å²) in [7, 11) is -3.51. The van der Waals surface area contributed by atoms with Crippen LogP contribution in [0.4, 0.5) is 10.1 Å². The van der Waals surface area contributed by atoms with Gasteiger partial charge in [-0.05, 0) is 29.8 Å². The summed E-state index contributed by atoms with van der Waals surface area (Å²) in [5.74, 6) is -0.443. The van der Waals surface area contributed by atoms with Crippen LogP contribution in [0.3, 0.4) is 0 Å². The summed E-state index contributed by atoms with van der Waals surface area (Å²) >= 11 is 5.91. The lowest BCUT2D eigenvalue weighted by Crippen LogP contribution is -2.49. The number of hydrogen-bond acceptors (Lipinski definition) is 4. The van der Waals surface area contributed by atoms with E-state index in [2.05, 4.69) is 4.72 Å². The van der Waals surface area contributed by atoms with Gasteiger partial charge in [-0.15, -0.1) is 0 Å². The van der Waals surface area contributed by atoms with Crippen molar-refractivity contribution in [2.24, 2.45) is 0 Å². The highest BCUT2D eigenvalue weighted by Crippen LogP contribution is 2.23. The lowest BCUT2D eigenvalue weighted by atomic mass is 10.0. The van der Waals surface area contributed by atoms with E-state index >= 15 is 0 Å². The monoisotopic (exact) mass is 439 g/mol. The number of anilines is 1. The molecule has 3 rings (SSSR count). The van der Waals surface area contributed by atoms with Gasteiger partial charge in [0.25, 0.3) is 0 Å². The molecule has 156 valence electrons. The Balaban J connectivity index is 1.66. The number of nitrogens with zero attached hydrogens (tertiary/aromatic N) is 2. The zero-order valence-corrected chi connectivity index (χ0v) is 17.6. The van der Waals surface area contributed by atoms with Gasteiger partial charge in [0, 0.05) is 37.6 Å². The fourth-order valence-electron chi connectivity index (χ4n) is 3.39. The minimum atomic E-state index is -3.51. The molecule has 1 fully saturated rings. The largest absolute Gasteiger partial charge is 0.366 e. The molecule has 1 amide bonds. The molecule has 1 aliphatic rings. The van der Waals surface area contributed by atoms with Gasteiger partial charge in [-0.1, -0.05) is 35.9 Å². The Labute approximate surface area is 175 Å². The number of carbonyl (C=O) groups is 1. The maximum atomic E-state index is 14.0. The van der Waals surface area contributed by atoms with E-state index in [0.29, 0.717) is 42.5 Å². The lowest BCUT2D eigenvalue weighted by Gasteiger charge is -2.36. The van der Waals surface area contributed by atoms with Crippen molar-refractivity contribution in [1.82, 2.24) is 9.62 Å². The van der Waals surface area contributed by atoms with Gasteiger partial charge in [-0.25, -0.2) is 17.5 Å². The van der Waals surface area contributed by atoms with E-state index in [0.717, 1.165) is 6.26 Å². The van der Waals surface area contributed by atoms with Gasteiger partial charge in [0.05, 0.1) is 18.0 Å². The first kappa shape index (κ1) is 21.5. The standard InChI is InChI=1S/C20H23ClFN3O3S/c1-29(27,28)23-18(15-6-8-16(21)9-7-15)14-20(26)25-12-10-24(11-13-25)19-5-3-2-4-17(19)22/h2-9,18,23H,10-14H2,1H3/t18-/m0/s1. The normalized spacial score (nSPS) is 16.0. The average Bonchev–Trinajstić information content (AvgIpc) is 2.67. The number of halogens is 2. The van der Waals surface area contributed by atoms with Crippen molar-refractivity contribution in [3.05, 3.63) is 64.9 Å². The molecule has 0 aromatic heterocycles. The fourth-order valence-corrected chi connectivity index (χ4v) is 4.25. The molecule has 1 heterocycles. The summed E-state index contributed by atoms with van der Waals surface area (Å²) in [5, 5.41) is 0.530. The SMILES string of the molecule is CS(=O)(=O)N[C@@H](CC(=O)N1CCN(c2ccccc2F)CC1)c1ccc(Cl)cc1. The number of piperazine rings is 1. The van der Waals surface area contributed by atoms with E-state index in [4.69, 9.17) is 11.6 Å². The quantitative estimate of drug-likeness (QED) is 0.751. The third-order valence-corrected chi connectivity index (χ3v) is 5.80. The molecule has 2 aromatic carbocycles. The molecule has 0 spiro atoms. The molecule has 2 aromatic rings. The molecule has 0 saturated carbocycles. The average molecular weight is 440 g/mol. The third-order valence-electron chi connectivity index (χ3n) is 4.83. The summed E-state index contributed by atoms with van der Waals surface area (Å²) in [6, 6.07) is 12.6. The van der Waals surface area contributed by atoms with E-state index in [-0.39, 0.29) is 18.1 Å². The van der Waals surface area contributed by atoms with Crippen LogP contribution in [0.2, 0.25) is 5.02 Å². The Hall–Kier alpha value is -2.16. The molecule has 1 aliphatic heterocycles. The second-order valence-corrected chi connectivity index (χ2v) is 9.23. The first-order valence-corrected chi connectivity index (χ1v) is 11.5. The van der Waals surface area contributed by atoms with E-state index in [9.17, 15) is 17.6 Å². The summed E-state index contributed by atoms with van der Waals surface area (Å²) < 4.78 is 40.0. The van der Waals surface area contributed by atoms with Crippen LogP contribution in [0.25, 0.3) is 0 Å². The highest BCUT2D eigenvalue weighted by atomic mass is 35.5. The molecule has 0 radical (unpaired) electrons. The van der Waals surface area contributed by atoms with Crippen LogP contribution in [0, 0.1) is 5.82 Å². The molecule has 0 aliphatic carbocycles. The van der Waals surface area contributed by atoms with E-state index in [1.54, 1.807) is 47.4 Å². The predicted molar refractivity (Wildman–Crippen MR) is 112 cm³/mol. The first-order chi connectivity index (χ1) is 13.7.